The molecule has 0 saturated heterocycles. The first-order chi connectivity index (χ1) is 9.97. The van der Waals surface area contributed by atoms with Crippen molar-refractivity contribution in [2.45, 2.75) is 47.1 Å². The monoisotopic (exact) mass is 286 g/mol. The van der Waals surface area contributed by atoms with Crippen molar-refractivity contribution in [1.82, 2.24) is 20.1 Å². The minimum absolute atomic E-state index is 0.436. The number of aryl methyl sites for hydroxylation is 1. The Morgan fingerprint density at radius 1 is 1.24 bits per heavy atom. The summed E-state index contributed by atoms with van der Waals surface area (Å²) in [5.41, 5.74) is 3.46. The fraction of sp³-hybridized carbons (Fsp3) is 0.529. The lowest BCUT2D eigenvalue weighted by Gasteiger charge is -2.10. The molecule has 0 spiro atoms. The van der Waals surface area contributed by atoms with Crippen molar-refractivity contribution in [3.8, 4) is 5.82 Å². The maximum Gasteiger partial charge on any atom is 0.156 e. The molecule has 2 aromatic rings. The predicted molar refractivity (Wildman–Crippen MR) is 86.7 cm³/mol. The number of hydrogen-bond acceptors (Lipinski definition) is 3. The Hall–Kier alpha value is -1.68. The number of aromatic nitrogens is 3. The van der Waals surface area contributed by atoms with Gasteiger partial charge in [-0.05, 0) is 48.6 Å². The van der Waals surface area contributed by atoms with E-state index in [-0.39, 0.29) is 0 Å². The van der Waals surface area contributed by atoms with Gasteiger partial charge in [0, 0.05) is 18.9 Å². The molecule has 0 aliphatic heterocycles. The molecule has 0 aromatic carbocycles. The smallest absolute Gasteiger partial charge is 0.156 e. The van der Waals surface area contributed by atoms with Crippen LogP contribution < -0.4 is 5.32 Å². The van der Waals surface area contributed by atoms with E-state index in [1.165, 1.54) is 5.56 Å². The van der Waals surface area contributed by atoms with Gasteiger partial charge in [0.2, 0.25) is 0 Å². The minimum Gasteiger partial charge on any atom is -0.312 e. The Bertz CT molecular complexity index is 584. The van der Waals surface area contributed by atoms with Crippen molar-refractivity contribution in [1.29, 1.82) is 0 Å². The molecule has 0 amide bonds. The molecule has 0 bridgehead atoms. The topological polar surface area (TPSA) is 42.7 Å². The molecule has 2 aromatic heterocycles. The molecular formula is C17H26N4. The normalized spacial score (nSPS) is 11.6. The fourth-order valence-electron chi connectivity index (χ4n) is 2.23. The third-order valence-corrected chi connectivity index (χ3v) is 3.41. The second-order valence-corrected chi connectivity index (χ2v) is 6.35. The third kappa shape index (κ3) is 4.14. The summed E-state index contributed by atoms with van der Waals surface area (Å²) in [6.07, 6.45) is 3.92. The largest absolute Gasteiger partial charge is 0.312 e. The number of nitrogens with zero attached hydrogens (tertiary/aromatic N) is 3. The van der Waals surface area contributed by atoms with E-state index < -0.39 is 0 Å². The summed E-state index contributed by atoms with van der Waals surface area (Å²) in [5, 5.41) is 8.04. The first kappa shape index (κ1) is 15.7. The number of nitrogens with one attached hydrogen (secondary N) is 1. The van der Waals surface area contributed by atoms with Gasteiger partial charge in [-0.15, -0.1) is 0 Å². The molecule has 1 N–H and O–H groups in total. The van der Waals surface area contributed by atoms with Crippen LogP contribution in [0.15, 0.2) is 24.5 Å². The molecule has 0 aliphatic rings. The highest BCUT2D eigenvalue weighted by atomic mass is 15.3. The zero-order valence-corrected chi connectivity index (χ0v) is 13.7. The van der Waals surface area contributed by atoms with E-state index in [4.69, 9.17) is 0 Å². The zero-order valence-electron chi connectivity index (χ0n) is 13.7. The van der Waals surface area contributed by atoms with Crippen LogP contribution in [0.1, 0.15) is 50.4 Å². The van der Waals surface area contributed by atoms with Crippen LogP contribution in [-0.2, 0) is 6.54 Å². The molecule has 4 heteroatoms. The lowest BCUT2D eigenvalue weighted by atomic mass is 10.1. The zero-order chi connectivity index (χ0) is 15.4. The summed E-state index contributed by atoms with van der Waals surface area (Å²) in [4.78, 5) is 4.58. The molecule has 4 nitrogen and oxygen atoms in total. The van der Waals surface area contributed by atoms with Crippen molar-refractivity contribution < 1.29 is 0 Å². The highest BCUT2D eigenvalue weighted by Crippen LogP contribution is 2.16. The average molecular weight is 286 g/mol. The van der Waals surface area contributed by atoms with Crippen LogP contribution in [0.25, 0.3) is 5.82 Å². The molecule has 2 rings (SSSR count). The summed E-state index contributed by atoms with van der Waals surface area (Å²) < 4.78 is 1.87. The van der Waals surface area contributed by atoms with Gasteiger partial charge in [-0.2, -0.15) is 5.10 Å². The van der Waals surface area contributed by atoms with Crippen LogP contribution >= 0.6 is 0 Å². The van der Waals surface area contributed by atoms with Crippen LogP contribution in [0.2, 0.25) is 0 Å². The van der Waals surface area contributed by atoms with Gasteiger partial charge in [-0.25, -0.2) is 9.67 Å². The average Bonchev–Trinajstić information content (AvgIpc) is 2.88. The van der Waals surface area contributed by atoms with Crippen LogP contribution in [-0.4, -0.2) is 21.3 Å². The Labute approximate surface area is 127 Å². The van der Waals surface area contributed by atoms with Gasteiger partial charge in [0.15, 0.2) is 5.82 Å². The summed E-state index contributed by atoms with van der Waals surface area (Å²) in [7, 11) is 0. The van der Waals surface area contributed by atoms with Crippen molar-refractivity contribution in [2.24, 2.45) is 5.92 Å². The Balaban J connectivity index is 2.11. The van der Waals surface area contributed by atoms with Gasteiger partial charge in [0.25, 0.3) is 0 Å². The standard InChI is InChI=1S/C17H26N4/c1-12(2)9-18-10-15-8-14(5)17(19-11-15)21-7-6-16(20-21)13(3)4/h6-8,11-13,18H,9-10H2,1-5H3. The Kier molecular flexibility index (Phi) is 5.12. The third-order valence-electron chi connectivity index (χ3n) is 3.41. The van der Waals surface area contributed by atoms with Gasteiger partial charge in [0.1, 0.15) is 0 Å². The van der Waals surface area contributed by atoms with E-state index in [1.807, 2.05) is 17.1 Å². The summed E-state index contributed by atoms with van der Waals surface area (Å²) in [6, 6.07) is 4.25. The lowest BCUT2D eigenvalue weighted by molar-refractivity contribution is 0.551. The molecule has 0 unspecified atom stereocenters. The number of hydrogen-bond donors (Lipinski definition) is 1. The maximum atomic E-state index is 4.59. The molecule has 114 valence electrons. The summed E-state index contributed by atoms with van der Waals surface area (Å²) in [5.74, 6) is 2.01. The van der Waals surface area contributed by atoms with E-state index >= 15 is 0 Å². The van der Waals surface area contributed by atoms with Gasteiger partial charge < -0.3 is 5.32 Å². The van der Waals surface area contributed by atoms with Gasteiger partial charge >= 0.3 is 0 Å². The van der Waals surface area contributed by atoms with E-state index in [1.54, 1.807) is 0 Å². The molecule has 0 atom stereocenters. The van der Waals surface area contributed by atoms with E-state index in [0.29, 0.717) is 11.8 Å². The predicted octanol–water partition coefficient (Wildman–Crippen LogP) is 3.44. The molecule has 21 heavy (non-hydrogen) atoms. The van der Waals surface area contributed by atoms with E-state index in [0.717, 1.165) is 30.2 Å². The molecule has 0 radical (unpaired) electrons. The molecule has 2 heterocycles. The summed E-state index contributed by atoms with van der Waals surface area (Å²) in [6.45, 7) is 12.7. The van der Waals surface area contributed by atoms with E-state index in [9.17, 15) is 0 Å². The quantitative estimate of drug-likeness (QED) is 0.884. The van der Waals surface area contributed by atoms with Crippen LogP contribution in [0, 0.1) is 12.8 Å². The van der Waals surface area contributed by atoms with Gasteiger partial charge in [0.05, 0.1) is 5.69 Å². The molecule has 0 fully saturated rings. The number of rotatable bonds is 6. The SMILES string of the molecule is Cc1cc(CNCC(C)C)cnc1-n1ccc(C(C)C)n1. The Morgan fingerprint density at radius 2 is 2.00 bits per heavy atom. The van der Waals surface area contributed by atoms with Crippen molar-refractivity contribution in [3.63, 3.8) is 0 Å². The van der Waals surface area contributed by atoms with Crippen LogP contribution in [0.4, 0.5) is 0 Å². The maximum absolute atomic E-state index is 4.59. The second-order valence-electron chi connectivity index (χ2n) is 6.35. The molecule has 0 aliphatic carbocycles. The van der Waals surface area contributed by atoms with Crippen LogP contribution in [0.5, 0.6) is 0 Å². The highest BCUT2D eigenvalue weighted by Gasteiger charge is 2.08. The van der Waals surface area contributed by atoms with Crippen molar-refractivity contribution >= 4 is 0 Å². The van der Waals surface area contributed by atoms with Crippen molar-refractivity contribution in [3.05, 3.63) is 41.3 Å². The van der Waals surface area contributed by atoms with E-state index in [2.05, 4.69) is 62.2 Å². The first-order valence-corrected chi connectivity index (χ1v) is 7.69. The summed E-state index contributed by atoms with van der Waals surface area (Å²) >= 11 is 0. The second kappa shape index (κ2) is 6.85. The first-order valence-electron chi connectivity index (χ1n) is 7.69. The minimum atomic E-state index is 0.436. The van der Waals surface area contributed by atoms with Crippen molar-refractivity contribution in [2.75, 3.05) is 6.54 Å². The van der Waals surface area contributed by atoms with Gasteiger partial charge in [-0.1, -0.05) is 27.7 Å². The molecular weight excluding hydrogens is 260 g/mol. The lowest BCUT2D eigenvalue weighted by Crippen LogP contribution is -2.19. The van der Waals surface area contributed by atoms with Crippen LogP contribution in [0.3, 0.4) is 0 Å². The Morgan fingerprint density at radius 3 is 2.57 bits per heavy atom. The number of pyridine rings is 1. The molecule has 0 saturated carbocycles. The highest BCUT2D eigenvalue weighted by molar-refractivity contribution is 5.35. The fourth-order valence-corrected chi connectivity index (χ4v) is 2.23. The van der Waals surface area contributed by atoms with Gasteiger partial charge in [-0.3, -0.25) is 0 Å².